The van der Waals surface area contributed by atoms with Crippen LogP contribution in [0.25, 0.3) is 0 Å². The Labute approximate surface area is 311 Å². The second-order valence-electron chi connectivity index (χ2n) is 13.3. The number of nitrogens with zero attached hydrogens (tertiary/aromatic N) is 1. The zero-order chi connectivity index (χ0) is 36.8. The molecule has 1 aliphatic heterocycles. The van der Waals surface area contributed by atoms with E-state index in [0.717, 1.165) is 40.9 Å². The van der Waals surface area contributed by atoms with E-state index in [2.05, 4.69) is 64.1 Å². The average molecular weight is 714 g/mol. The Kier molecular flexibility index (Phi) is 13.4. The number of amides is 2. The smallest absolute Gasteiger partial charge is 0.328 e. The van der Waals surface area contributed by atoms with Crippen LogP contribution in [0.1, 0.15) is 57.8 Å². The van der Waals surface area contributed by atoms with E-state index in [9.17, 15) is 14.7 Å². The van der Waals surface area contributed by atoms with Gasteiger partial charge in [0.25, 0.3) is 0 Å². The standard InChI is InChI=1S/C44H47N3O6/c1-51-42(49)40(25-32-11-5-2-6-12-32)46-44(50)45-27-33-17-23-38(24-18-33)43-52-39(26-41(53-43)37-21-19-36(31-48)20-22-37)30-47(28-34-13-7-3-8-14-34)29-35-15-9-4-10-16-35/h2-24,39-41,43,48H,25-31H2,1H3,(H2,45,46,50). The first-order valence-corrected chi connectivity index (χ1v) is 18.0. The van der Waals surface area contributed by atoms with E-state index in [1.165, 1.54) is 18.2 Å². The fourth-order valence-electron chi connectivity index (χ4n) is 6.56. The predicted molar refractivity (Wildman–Crippen MR) is 203 cm³/mol. The van der Waals surface area contributed by atoms with Gasteiger partial charge < -0.3 is 30.0 Å². The molecule has 0 aromatic heterocycles. The molecule has 9 nitrogen and oxygen atoms in total. The van der Waals surface area contributed by atoms with E-state index in [1.807, 2.05) is 91.0 Å². The molecule has 3 N–H and O–H groups in total. The largest absolute Gasteiger partial charge is 0.467 e. The molecule has 0 radical (unpaired) electrons. The van der Waals surface area contributed by atoms with Crippen LogP contribution in [0.4, 0.5) is 4.79 Å². The third-order valence-electron chi connectivity index (χ3n) is 9.35. The Balaban J connectivity index is 1.14. The quantitative estimate of drug-likeness (QED) is 0.100. The first kappa shape index (κ1) is 37.4. The van der Waals surface area contributed by atoms with Gasteiger partial charge in [0.2, 0.25) is 0 Å². The van der Waals surface area contributed by atoms with Gasteiger partial charge in [0, 0.05) is 44.6 Å². The van der Waals surface area contributed by atoms with Crippen LogP contribution in [0.15, 0.2) is 140 Å². The van der Waals surface area contributed by atoms with Crippen LogP contribution in [-0.2, 0) is 51.7 Å². The lowest BCUT2D eigenvalue weighted by Gasteiger charge is -2.38. The highest BCUT2D eigenvalue weighted by atomic mass is 16.7. The minimum Gasteiger partial charge on any atom is -0.467 e. The molecule has 0 aliphatic carbocycles. The highest BCUT2D eigenvalue weighted by Crippen LogP contribution is 2.38. The van der Waals surface area contributed by atoms with Crippen molar-refractivity contribution in [1.29, 1.82) is 0 Å². The molecule has 5 aromatic rings. The predicted octanol–water partition coefficient (Wildman–Crippen LogP) is 7.01. The second kappa shape index (κ2) is 19.0. The third-order valence-corrected chi connectivity index (χ3v) is 9.35. The van der Waals surface area contributed by atoms with Gasteiger partial charge in [-0.3, -0.25) is 4.90 Å². The first-order chi connectivity index (χ1) is 25.9. The van der Waals surface area contributed by atoms with Gasteiger partial charge in [-0.25, -0.2) is 9.59 Å². The molecular formula is C44H47N3O6. The molecule has 1 saturated heterocycles. The molecule has 1 heterocycles. The summed E-state index contributed by atoms with van der Waals surface area (Å²) >= 11 is 0. The van der Waals surface area contributed by atoms with E-state index in [4.69, 9.17) is 14.2 Å². The van der Waals surface area contributed by atoms with Crippen molar-refractivity contribution in [2.24, 2.45) is 0 Å². The minimum atomic E-state index is -0.817. The number of rotatable bonds is 15. The van der Waals surface area contributed by atoms with Crippen molar-refractivity contribution in [3.63, 3.8) is 0 Å². The number of aliphatic hydroxyl groups excluding tert-OH is 1. The lowest BCUT2D eigenvalue weighted by atomic mass is 9.99. The average Bonchev–Trinajstić information content (AvgIpc) is 3.20. The van der Waals surface area contributed by atoms with Gasteiger partial charge in [-0.15, -0.1) is 0 Å². The number of benzene rings is 5. The molecular weight excluding hydrogens is 666 g/mol. The number of nitrogens with one attached hydrogen (secondary N) is 2. The number of carbonyl (C=O) groups excluding carboxylic acids is 2. The summed E-state index contributed by atoms with van der Waals surface area (Å²) < 4.78 is 18.3. The Bertz CT molecular complexity index is 1820. The molecule has 53 heavy (non-hydrogen) atoms. The van der Waals surface area contributed by atoms with Gasteiger partial charge in [-0.1, -0.05) is 140 Å². The highest BCUT2D eigenvalue weighted by Gasteiger charge is 2.33. The molecule has 4 atom stereocenters. The summed E-state index contributed by atoms with van der Waals surface area (Å²) in [6.07, 6.45) is 0.0256. The number of hydrogen-bond acceptors (Lipinski definition) is 7. The van der Waals surface area contributed by atoms with Crippen molar-refractivity contribution in [3.05, 3.63) is 178 Å². The van der Waals surface area contributed by atoms with Gasteiger partial charge >= 0.3 is 12.0 Å². The lowest BCUT2D eigenvalue weighted by molar-refractivity contribution is -0.253. The van der Waals surface area contributed by atoms with Crippen molar-refractivity contribution in [3.8, 4) is 0 Å². The number of methoxy groups -OCH3 is 1. The van der Waals surface area contributed by atoms with Crippen molar-refractivity contribution < 1.29 is 28.9 Å². The van der Waals surface area contributed by atoms with Crippen LogP contribution in [0.3, 0.4) is 0 Å². The SMILES string of the molecule is COC(=O)C(Cc1ccccc1)NC(=O)NCc1ccc(C2OC(CN(Cc3ccccc3)Cc3ccccc3)CC(c3ccc(CO)cc3)O2)cc1. The molecule has 1 aliphatic rings. The van der Waals surface area contributed by atoms with E-state index in [0.29, 0.717) is 19.4 Å². The molecule has 0 spiro atoms. The second-order valence-corrected chi connectivity index (χ2v) is 13.3. The monoisotopic (exact) mass is 713 g/mol. The summed E-state index contributed by atoms with van der Waals surface area (Å²) in [6, 6.07) is 44.9. The van der Waals surface area contributed by atoms with Crippen LogP contribution < -0.4 is 10.6 Å². The van der Waals surface area contributed by atoms with Gasteiger partial charge in [0.05, 0.1) is 25.9 Å². The maximum absolute atomic E-state index is 12.8. The topological polar surface area (TPSA) is 109 Å². The van der Waals surface area contributed by atoms with Gasteiger partial charge in [0.1, 0.15) is 6.04 Å². The van der Waals surface area contributed by atoms with Crippen molar-refractivity contribution >= 4 is 12.0 Å². The Morgan fingerprint density at radius 2 is 1.26 bits per heavy atom. The van der Waals surface area contributed by atoms with Gasteiger partial charge in [-0.2, -0.15) is 0 Å². The normalized spacial score (nSPS) is 17.5. The summed E-state index contributed by atoms with van der Waals surface area (Å²) in [4.78, 5) is 27.7. The van der Waals surface area contributed by atoms with Crippen molar-refractivity contribution in [1.82, 2.24) is 15.5 Å². The maximum atomic E-state index is 12.8. The van der Waals surface area contributed by atoms with E-state index in [-0.39, 0.29) is 25.4 Å². The van der Waals surface area contributed by atoms with E-state index in [1.54, 1.807) is 0 Å². The molecule has 274 valence electrons. The van der Waals surface area contributed by atoms with Crippen LogP contribution in [-0.4, -0.2) is 47.8 Å². The Morgan fingerprint density at radius 3 is 1.83 bits per heavy atom. The first-order valence-electron chi connectivity index (χ1n) is 18.0. The molecule has 5 aromatic carbocycles. The fraction of sp³-hybridized carbons (Fsp3) is 0.273. The molecule has 4 unspecified atom stereocenters. The summed E-state index contributed by atoms with van der Waals surface area (Å²) in [5.41, 5.74) is 7.00. The number of ether oxygens (including phenoxy) is 3. The summed E-state index contributed by atoms with van der Waals surface area (Å²) in [5, 5.41) is 15.2. The van der Waals surface area contributed by atoms with E-state index < -0.39 is 24.3 Å². The summed E-state index contributed by atoms with van der Waals surface area (Å²) in [7, 11) is 1.31. The molecule has 0 saturated carbocycles. The van der Waals surface area contributed by atoms with Gasteiger partial charge in [-0.05, 0) is 33.4 Å². The number of aliphatic hydroxyl groups is 1. The lowest BCUT2D eigenvalue weighted by Crippen LogP contribution is -2.47. The zero-order valence-electron chi connectivity index (χ0n) is 30.0. The Morgan fingerprint density at radius 1 is 0.717 bits per heavy atom. The van der Waals surface area contributed by atoms with Crippen LogP contribution in [0.2, 0.25) is 0 Å². The third kappa shape index (κ3) is 11.1. The minimum absolute atomic E-state index is 0.0174. The number of urea groups is 1. The molecule has 6 rings (SSSR count). The van der Waals surface area contributed by atoms with Crippen molar-refractivity contribution in [2.45, 2.75) is 63.6 Å². The number of esters is 1. The van der Waals surface area contributed by atoms with E-state index >= 15 is 0 Å². The van der Waals surface area contributed by atoms with Crippen LogP contribution in [0.5, 0.6) is 0 Å². The number of hydrogen-bond donors (Lipinski definition) is 3. The Hall–Kier alpha value is -5.32. The number of carbonyl (C=O) groups is 2. The molecule has 9 heteroatoms. The van der Waals surface area contributed by atoms with Crippen LogP contribution >= 0.6 is 0 Å². The highest BCUT2D eigenvalue weighted by molar-refractivity contribution is 5.83. The molecule has 1 fully saturated rings. The molecule has 0 bridgehead atoms. The van der Waals surface area contributed by atoms with Crippen LogP contribution in [0, 0.1) is 0 Å². The fourth-order valence-corrected chi connectivity index (χ4v) is 6.56. The summed E-state index contributed by atoms with van der Waals surface area (Å²) in [6.45, 7) is 2.49. The summed E-state index contributed by atoms with van der Waals surface area (Å²) in [5.74, 6) is -0.509. The molecule has 2 amide bonds. The maximum Gasteiger partial charge on any atom is 0.328 e. The zero-order valence-corrected chi connectivity index (χ0v) is 30.0. The van der Waals surface area contributed by atoms with Crippen molar-refractivity contribution in [2.75, 3.05) is 13.7 Å². The van der Waals surface area contributed by atoms with Gasteiger partial charge in [0.15, 0.2) is 6.29 Å².